The second-order valence-corrected chi connectivity index (χ2v) is 8.02. The van der Waals surface area contributed by atoms with E-state index in [-0.39, 0.29) is 11.0 Å². The first-order chi connectivity index (χ1) is 14.2. The minimum absolute atomic E-state index is 0.241. The Morgan fingerprint density at radius 1 is 1.10 bits per heavy atom. The number of aromatic nitrogens is 4. The summed E-state index contributed by atoms with van der Waals surface area (Å²) in [7, 11) is 0. The van der Waals surface area contributed by atoms with Crippen LogP contribution in [0.15, 0.2) is 43.0 Å². The predicted octanol–water partition coefficient (Wildman–Crippen LogP) is 1.35. The number of hydroxylamine groups is 1. The molecule has 1 atom stereocenters. The van der Waals surface area contributed by atoms with Crippen LogP contribution in [-0.4, -0.2) is 61.5 Å². The van der Waals surface area contributed by atoms with Crippen LogP contribution in [0.4, 0.5) is 5.95 Å². The van der Waals surface area contributed by atoms with Crippen LogP contribution < -0.4 is 10.4 Å². The minimum Gasteiger partial charge on any atom is -0.340 e. The predicted molar refractivity (Wildman–Crippen MR) is 106 cm³/mol. The van der Waals surface area contributed by atoms with Gasteiger partial charge in [-0.1, -0.05) is 6.07 Å². The largest absolute Gasteiger partial charge is 0.340 e. The standard InChI is InChI=1S/C20H23N7O2/c28-18(24-29)15-9-22-19(23-10-15)26-8-5-20(14-26)4-7-25(13-20)12-16-11-21-17-3-1-2-6-27(16)17/h1-3,6,9-11,29H,4-5,7-8,12-14H2,(H,24,28). The van der Waals surface area contributed by atoms with Crippen molar-refractivity contribution in [2.24, 2.45) is 5.41 Å². The lowest BCUT2D eigenvalue weighted by molar-refractivity contribution is 0.0705. The second kappa shape index (κ2) is 7.09. The number of hydrogen-bond acceptors (Lipinski definition) is 7. The van der Waals surface area contributed by atoms with Crippen molar-refractivity contribution in [3.05, 3.63) is 54.2 Å². The maximum Gasteiger partial charge on any atom is 0.277 e. The van der Waals surface area contributed by atoms with Crippen LogP contribution in [0.25, 0.3) is 5.65 Å². The van der Waals surface area contributed by atoms with Crippen molar-refractivity contribution < 1.29 is 10.0 Å². The third-order valence-corrected chi connectivity index (χ3v) is 6.12. The average Bonchev–Trinajstić information content (AvgIpc) is 3.48. The molecule has 2 fully saturated rings. The summed E-state index contributed by atoms with van der Waals surface area (Å²) in [4.78, 5) is 29.3. The summed E-state index contributed by atoms with van der Waals surface area (Å²) in [5, 5.41) is 8.71. The Morgan fingerprint density at radius 3 is 2.76 bits per heavy atom. The number of nitrogens with zero attached hydrogens (tertiary/aromatic N) is 6. The van der Waals surface area contributed by atoms with Gasteiger partial charge in [0.1, 0.15) is 5.65 Å². The molecule has 1 spiro atoms. The molecule has 0 radical (unpaired) electrons. The topological polar surface area (TPSA) is 98.9 Å². The summed E-state index contributed by atoms with van der Waals surface area (Å²) in [6, 6.07) is 6.07. The van der Waals surface area contributed by atoms with Crippen molar-refractivity contribution in [3.8, 4) is 0 Å². The van der Waals surface area contributed by atoms with Crippen molar-refractivity contribution in [2.45, 2.75) is 19.4 Å². The zero-order valence-corrected chi connectivity index (χ0v) is 16.0. The molecule has 29 heavy (non-hydrogen) atoms. The highest BCUT2D eigenvalue weighted by Crippen LogP contribution is 2.40. The number of likely N-dealkylation sites (tertiary alicyclic amines) is 1. The van der Waals surface area contributed by atoms with Gasteiger partial charge in [-0.2, -0.15) is 0 Å². The number of nitrogens with one attached hydrogen (secondary N) is 1. The van der Waals surface area contributed by atoms with Gasteiger partial charge in [-0.15, -0.1) is 0 Å². The molecule has 150 valence electrons. The smallest absolute Gasteiger partial charge is 0.277 e. The van der Waals surface area contributed by atoms with Gasteiger partial charge >= 0.3 is 0 Å². The van der Waals surface area contributed by atoms with E-state index >= 15 is 0 Å². The van der Waals surface area contributed by atoms with Gasteiger partial charge in [-0.3, -0.25) is 14.9 Å². The molecular formula is C20H23N7O2. The molecule has 2 saturated heterocycles. The highest BCUT2D eigenvalue weighted by Gasteiger charge is 2.44. The quantitative estimate of drug-likeness (QED) is 0.510. The number of carbonyl (C=O) groups excluding carboxylic acids is 1. The summed E-state index contributed by atoms with van der Waals surface area (Å²) in [6.07, 6.45) is 9.21. The van der Waals surface area contributed by atoms with Crippen molar-refractivity contribution >= 4 is 17.5 Å². The Labute approximate surface area is 168 Å². The van der Waals surface area contributed by atoms with Gasteiger partial charge < -0.3 is 9.30 Å². The second-order valence-electron chi connectivity index (χ2n) is 8.02. The minimum atomic E-state index is -0.603. The van der Waals surface area contributed by atoms with Gasteiger partial charge in [0, 0.05) is 50.2 Å². The van der Waals surface area contributed by atoms with E-state index in [1.165, 1.54) is 18.1 Å². The summed E-state index contributed by atoms with van der Waals surface area (Å²) in [6.45, 7) is 4.85. The average molecular weight is 393 g/mol. The lowest BCUT2D eigenvalue weighted by atomic mass is 9.86. The van der Waals surface area contributed by atoms with Crippen molar-refractivity contribution in [3.63, 3.8) is 0 Å². The fourth-order valence-electron chi connectivity index (χ4n) is 4.60. The summed E-state index contributed by atoms with van der Waals surface area (Å²) in [5.41, 5.74) is 4.30. The number of rotatable bonds is 4. The zero-order valence-electron chi connectivity index (χ0n) is 16.0. The first-order valence-corrected chi connectivity index (χ1v) is 9.81. The first-order valence-electron chi connectivity index (χ1n) is 9.81. The van der Waals surface area contributed by atoms with E-state index in [4.69, 9.17) is 5.21 Å². The Kier molecular flexibility index (Phi) is 4.40. The van der Waals surface area contributed by atoms with Gasteiger partial charge in [-0.05, 0) is 31.5 Å². The lowest BCUT2D eigenvalue weighted by Gasteiger charge is -2.24. The van der Waals surface area contributed by atoms with Crippen LogP contribution >= 0.6 is 0 Å². The maximum absolute atomic E-state index is 11.4. The molecule has 0 aromatic carbocycles. The van der Waals surface area contributed by atoms with E-state index in [1.807, 2.05) is 24.4 Å². The van der Waals surface area contributed by atoms with Crippen LogP contribution in [0.2, 0.25) is 0 Å². The van der Waals surface area contributed by atoms with Crippen molar-refractivity contribution in [1.82, 2.24) is 29.7 Å². The molecular weight excluding hydrogens is 370 g/mol. The van der Waals surface area contributed by atoms with Crippen LogP contribution in [0.1, 0.15) is 28.9 Å². The number of carbonyl (C=O) groups is 1. The molecule has 5 heterocycles. The number of hydrogen-bond donors (Lipinski definition) is 2. The van der Waals surface area contributed by atoms with Gasteiger partial charge in [0.2, 0.25) is 5.95 Å². The third-order valence-electron chi connectivity index (χ3n) is 6.12. The number of pyridine rings is 1. The third kappa shape index (κ3) is 3.32. The molecule has 1 amide bonds. The Morgan fingerprint density at radius 2 is 1.93 bits per heavy atom. The first kappa shape index (κ1) is 18.0. The highest BCUT2D eigenvalue weighted by atomic mass is 16.5. The zero-order chi connectivity index (χ0) is 19.8. The highest BCUT2D eigenvalue weighted by molar-refractivity contribution is 5.92. The van der Waals surface area contributed by atoms with E-state index in [2.05, 4.69) is 35.3 Å². The van der Waals surface area contributed by atoms with Crippen LogP contribution in [0.3, 0.4) is 0 Å². The fourth-order valence-corrected chi connectivity index (χ4v) is 4.60. The van der Waals surface area contributed by atoms with Gasteiger partial charge in [0.05, 0.1) is 17.5 Å². The summed E-state index contributed by atoms with van der Waals surface area (Å²) >= 11 is 0. The molecule has 0 saturated carbocycles. The van der Waals surface area contributed by atoms with Gasteiger partial charge in [-0.25, -0.2) is 20.4 Å². The maximum atomic E-state index is 11.4. The normalized spacial score (nSPS) is 22.0. The van der Waals surface area contributed by atoms with E-state index in [9.17, 15) is 4.79 Å². The molecule has 0 bridgehead atoms. The molecule has 2 N–H and O–H groups in total. The molecule has 3 aromatic heterocycles. The Hall–Kier alpha value is -3.04. The van der Waals surface area contributed by atoms with Gasteiger partial charge in [0.25, 0.3) is 5.91 Å². The molecule has 5 rings (SSSR count). The molecule has 9 heteroatoms. The lowest BCUT2D eigenvalue weighted by Crippen LogP contribution is -2.31. The van der Waals surface area contributed by atoms with Crippen LogP contribution in [0.5, 0.6) is 0 Å². The Bertz CT molecular complexity index is 1030. The summed E-state index contributed by atoms with van der Waals surface area (Å²) < 4.78 is 2.16. The van der Waals surface area contributed by atoms with Crippen molar-refractivity contribution in [2.75, 3.05) is 31.1 Å². The van der Waals surface area contributed by atoms with Crippen molar-refractivity contribution in [1.29, 1.82) is 0 Å². The number of imidazole rings is 1. The Balaban J connectivity index is 1.24. The molecule has 0 aliphatic carbocycles. The van der Waals surface area contributed by atoms with E-state index in [1.54, 1.807) is 5.48 Å². The number of fused-ring (bicyclic) bond motifs is 1. The SMILES string of the molecule is O=C(NO)c1cnc(N2CCC3(CCN(Cc4cnc5ccccn45)C3)C2)nc1. The number of amides is 1. The number of anilines is 1. The van der Waals surface area contributed by atoms with E-state index < -0.39 is 5.91 Å². The molecule has 2 aliphatic rings. The van der Waals surface area contributed by atoms with E-state index in [0.29, 0.717) is 5.95 Å². The fraction of sp³-hybridized carbons (Fsp3) is 0.400. The van der Waals surface area contributed by atoms with E-state index in [0.717, 1.165) is 51.2 Å². The summed E-state index contributed by atoms with van der Waals surface area (Å²) in [5.74, 6) is 0.0323. The van der Waals surface area contributed by atoms with Crippen LogP contribution in [0, 0.1) is 5.41 Å². The van der Waals surface area contributed by atoms with Crippen LogP contribution in [-0.2, 0) is 6.54 Å². The monoisotopic (exact) mass is 393 g/mol. The molecule has 2 aliphatic heterocycles. The van der Waals surface area contributed by atoms with Gasteiger partial charge in [0.15, 0.2) is 0 Å². The molecule has 3 aromatic rings. The molecule has 9 nitrogen and oxygen atoms in total. The molecule has 1 unspecified atom stereocenters.